The summed E-state index contributed by atoms with van der Waals surface area (Å²) in [5.41, 5.74) is 2.88. The second kappa shape index (κ2) is 7.26. The summed E-state index contributed by atoms with van der Waals surface area (Å²) in [4.78, 5) is 24.6. The third kappa shape index (κ3) is 3.78. The summed E-state index contributed by atoms with van der Waals surface area (Å²) >= 11 is 0. The van der Waals surface area contributed by atoms with Crippen molar-refractivity contribution in [3.8, 4) is 5.69 Å². The quantitative estimate of drug-likeness (QED) is 0.714. The molecule has 6 nitrogen and oxygen atoms in total. The third-order valence-electron chi connectivity index (χ3n) is 4.64. The van der Waals surface area contributed by atoms with Crippen molar-refractivity contribution < 1.29 is 14.0 Å². The number of anilines is 1. The van der Waals surface area contributed by atoms with E-state index in [0.717, 1.165) is 12.8 Å². The van der Waals surface area contributed by atoms with Crippen molar-refractivity contribution in [3.63, 3.8) is 0 Å². The zero-order valence-corrected chi connectivity index (χ0v) is 15.3. The van der Waals surface area contributed by atoms with Crippen LogP contribution in [0.1, 0.15) is 39.3 Å². The molecule has 0 spiro atoms. The van der Waals surface area contributed by atoms with Crippen molar-refractivity contribution in [3.05, 3.63) is 77.4 Å². The number of amides is 2. The van der Waals surface area contributed by atoms with Gasteiger partial charge < -0.3 is 10.6 Å². The molecule has 142 valence electrons. The van der Waals surface area contributed by atoms with E-state index in [2.05, 4.69) is 15.7 Å². The molecule has 3 aromatic rings. The molecule has 2 aromatic carbocycles. The highest BCUT2D eigenvalue weighted by Gasteiger charge is 2.23. The maximum atomic E-state index is 13.1. The van der Waals surface area contributed by atoms with E-state index in [1.165, 1.54) is 18.3 Å². The van der Waals surface area contributed by atoms with Gasteiger partial charge in [0.25, 0.3) is 11.8 Å². The van der Waals surface area contributed by atoms with Crippen molar-refractivity contribution in [2.24, 2.45) is 0 Å². The van der Waals surface area contributed by atoms with Gasteiger partial charge in [-0.1, -0.05) is 0 Å². The van der Waals surface area contributed by atoms with Crippen LogP contribution in [0.4, 0.5) is 10.1 Å². The summed E-state index contributed by atoms with van der Waals surface area (Å²) in [7, 11) is 0. The zero-order valence-electron chi connectivity index (χ0n) is 15.3. The molecule has 0 aliphatic heterocycles. The fourth-order valence-corrected chi connectivity index (χ4v) is 2.87. The molecule has 1 heterocycles. The van der Waals surface area contributed by atoms with E-state index in [4.69, 9.17) is 0 Å². The van der Waals surface area contributed by atoms with Gasteiger partial charge in [-0.3, -0.25) is 9.59 Å². The minimum atomic E-state index is -0.333. The summed E-state index contributed by atoms with van der Waals surface area (Å²) in [6, 6.07) is 12.9. The average molecular weight is 378 g/mol. The molecule has 1 aliphatic carbocycles. The largest absolute Gasteiger partial charge is 0.349 e. The van der Waals surface area contributed by atoms with E-state index in [1.54, 1.807) is 48.0 Å². The van der Waals surface area contributed by atoms with Crippen molar-refractivity contribution in [2.45, 2.75) is 25.8 Å². The zero-order chi connectivity index (χ0) is 19.7. The van der Waals surface area contributed by atoms with Gasteiger partial charge in [-0.05, 0) is 68.3 Å². The van der Waals surface area contributed by atoms with Crippen molar-refractivity contribution in [1.82, 2.24) is 15.1 Å². The van der Waals surface area contributed by atoms with E-state index >= 15 is 0 Å². The normalized spacial score (nSPS) is 13.2. The molecular weight excluding hydrogens is 359 g/mol. The standard InChI is InChI=1S/C21H19FN4O2/c1-13-19(12-23-26(13)18-10-4-15(22)5-11-18)21(28)25-16-6-2-14(3-7-16)20(27)24-17-8-9-17/h2-7,10-12,17H,8-9H2,1H3,(H,24,27)(H,25,28). The van der Waals surface area contributed by atoms with Gasteiger partial charge in [-0.25, -0.2) is 9.07 Å². The maximum absolute atomic E-state index is 13.1. The van der Waals surface area contributed by atoms with Gasteiger partial charge in [-0.15, -0.1) is 0 Å². The molecule has 1 fully saturated rings. The third-order valence-corrected chi connectivity index (χ3v) is 4.64. The molecule has 0 saturated heterocycles. The number of aromatic nitrogens is 2. The Morgan fingerprint density at radius 3 is 2.36 bits per heavy atom. The summed E-state index contributed by atoms with van der Waals surface area (Å²) in [6.45, 7) is 1.77. The van der Waals surface area contributed by atoms with E-state index in [1.807, 2.05) is 0 Å². The number of nitrogens with one attached hydrogen (secondary N) is 2. The number of hydrogen-bond acceptors (Lipinski definition) is 3. The summed E-state index contributed by atoms with van der Waals surface area (Å²) in [5.74, 6) is -0.737. The molecule has 4 rings (SSSR count). The summed E-state index contributed by atoms with van der Waals surface area (Å²) < 4.78 is 14.7. The fourth-order valence-electron chi connectivity index (χ4n) is 2.87. The molecule has 7 heteroatoms. The number of halogens is 1. The second-order valence-electron chi connectivity index (χ2n) is 6.81. The van der Waals surface area contributed by atoms with Gasteiger partial charge >= 0.3 is 0 Å². The lowest BCUT2D eigenvalue weighted by atomic mass is 10.2. The SMILES string of the molecule is Cc1c(C(=O)Nc2ccc(C(=O)NC3CC3)cc2)cnn1-c1ccc(F)cc1. The highest BCUT2D eigenvalue weighted by atomic mass is 19.1. The monoisotopic (exact) mass is 378 g/mol. The van der Waals surface area contributed by atoms with Crippen LogP contribution in [0.2, 0.25) is 0 Å². The van der Waals surface area contributed by atoms with Crippen LogP contribution in [0.5, 0.6) is 0 Å². The Hall–Kier alpha value is -3.48. The highest BCUT2D eigenvalue weighted by Crippen LogP contribution is 2.20. The number of carbonyl (C=O) groups excluding carboxylic acids is 2. The Balaban J connectivity index is 1.46. The van der Waals surface area contributed by atoms with Gasteiger partial charge in [0, 0.05) is 17.3 Å². The molecule has 2 N–H and O–H groups in total. The fraction of sp³-hybridized carbons (Fsp3) is 0.190. The van der Waals surface area contributed by atoms with Gasteiger partial charge in [-0.2, -0.15) is 5.10 Å². The number of nitrogens with zero attached hydrogens (tertiary/aromatic N) is 2. The van der Waals surface area contributed by atoms with Crippen LogP contribution in [0.3, 0.4) is 0 Å². The Morgan fingerprint density at radius 1 is 1.04 bits per heavy atom. The van der Waals surface area contributed by atoms with E-state index in [-0.39, 0.29) is 17.6 Å². The van der Waals surface area contributed by atoms with Gasteiger partial charge in [0.2, 0.25) is 0 Å². The van der Waals surface area contributed by atoms with Crippen LogP contribution in [-0.2, 0) is 0 Å². The smallest absolute Gasteiger partial charge is 0.259 e. The Morgan fingerprint density at radius 2 is 1.71 bits per heavy atom. The minimum Gasteiger partial charge on any atom is -0.349 e. The molecule has 1 aliphatic rings. The van der Waals surface area contributed by atoms with Gasteiger partial charge in [0.1, 0.15) is 5.82 Å². The molecule has 0 radical (unpaired) electrons. The molecule has 0 bridgehead atoms. The summed E-state index contributed by atoms with van der Waals surface area (Å²) in [5, 5.41) is 9.96. The first-order valence-electron chi connectivity index (χ1n) is 9.04. The average Bonchev–Trinajstić information content (AvgIpc) is 3.42. The number of carbonyl (C=O) groups is 2. The van der Waals surface area contributed by atoms with Crippen LogP contribution in [0, 0.1) is 12.7 Å². The van der Waals surface area contributed by atoms with Crippen LogP contribution < -0.4 is 10.6 Å². The molecule has 28 heavy (non-hydrogen) atoms. The molecule has 0 unspecified atom stereocenters. The van der Waals surface area contributed by atoms with Crippen LogP contribution in [0.25, 0.3) is 5.69 Å². The molecule has 1 aromatic heterocycles. The lowest BCUT2D eigenvalue weighted by Gasteiger charge is -2.08. The molecular formula is C21H19FN4O2. The van der Waals surface area contributed by atoms with E-state index < -0.39 is 0 Å². The lowest BCUT2D eigenvalue weighted by Crippen LogP contribution is -2.25. The minimum absolute atomic E-state index is 0.100. The lowest BCUT2D eigenvalue weighted by molar-refractivity contribution is 0.0950. The first-order chi connectivity index (χ1) is 13.5. The number of benzene rings is 2. The van der Waals surface area contributed by atoms with E-state index in [0.29, 0.717) is 34.2 Å². The van der Waals surface area contributed by atoms with Gasteiger partial charge in [0.15, 0.2) is 0 Å². The predicted molar refractivity (Wildman–Crippen MR) is 103 cm³/mol. The first-order valence-corrected chi connectivity index (χ1v) is 9.04. The Labute approximate surface area is 161 Å². The van der Waals surface area contributed by atoms with Crippen LogP contribution >= 0.6 is 0 Å². The number of hydrogen-bond donors (Lipinski definition) is 2. The molecule has 0 atom stereocenters. The maximum Gasteiger partial charge on any atom is 0.259 e. The Kier molecular flexibility index (Phi) is 4.65. The van der Waals surface area contributed by atoms with Crippen molar-refractivity contribution >= 4 is 17.5 Å². The summed E-state index contributed by atoms with van der Waals surface area (Å²) in [6.07, 6.45) is 3.54. The van der Waals surface area contributed by atoms with Crippen molar-refractivity contribution in [2.75, 3.05) is 5.32 Å². The van der Waals surface area contributed by atoms with Crippen LogP contribution in [0.15, 0.2) is 54.7 Å². The molecule has 2 amide bonds. The van der Waals surface area contributed by atoms with E-state index in [9.17, 15) is 14.0 Å². The second-order valence-corrected chi connectivity index (χ2v) is 6.81. The topological polar surface area (TPSA) is 76.0 Å². The van der Waals surface area contributed by atoms with Gasteiger partial charge in [0.05, 0.1) is 23.1 Å². The van der Waals surface area contributed by atoms with Crippen molar-refractivity contribution in [1.29, 1.82) is 0 Å². The number of rotatable bonds is 5. The first kappa shape index (κ1) is 17.9. The Bertz CT molecular complexity index is 1020. The molecule has 1 saturated carbocycles. The van der Waals surface area contributed by atoms with Crippen LogP contribution in [-0.4, -0.2) is 27.6 Å². The highest BCUT2D eigenvalue weighted by molar-refractivity contribution is 6.05. The predicted octanol–water partition coefficient (Wildman–Crippen LogP) is 3.46.